The van der Waals surface area contributed by atoms with Crippen molar-refractivity contribution in [2.24, 2.45) is 0 Å². The van der Waals surface area contributed by atoms with Crippen LogP contribution in [0.25, 0.3) is 0 Å². The SMILES string of the molecule is Cc1cc(C)cc(Oc2cc([N+](=O)[O-])ccc2S(=O)(=O)N2CCNCC2)c1. The number of non-ortho nitro benzene ring substituents is 1. The number of nitro groups is 1. The molecule has 0 aromatic heterocycles. The molecule has 1 heterocycles. The van der Waals surface area contributed by atoms with E-state index in [0.717, 1.165) is 17.2 Å². The van der Waals surface area contributed by atoms with Gasteiger partial charge in [0.05, 0.1) is 11.0 Å². The van der Waals surface area contributed by atoms with Gasteiger partial charge in [-0.2, -0.15) is 4.31 Å². The Bertz CT molecular complexity index is 949. The molecule has 2 aromatic carbocycles. The molecule has 0 bridgehead atoms. The van der Waals surface area contributed by atoms with Crippen LogP contribution in [0.4, 0.5) is 5.69 Å². The zero-order valence-corrected chi connectivity index (χ0v) is 16.0. The third-order valence-electron chi connectivity index (χ3n) is 4.25. The van der Waals surface area contributed by atoms with E-state index in [1.54, 1.807) is 12.1 Å². The molecular weight excluding hydrogens is 370 g/mol. The lowest BCUT2D eigenvalue weighted by molar-refractivity contribution is -0.385. The number of nitro benzene ring substituents is 1. The molecular formula is C18H21N3O5S. The van der Waals surface area contributed by atoms with Crippen LogP contribution >= 0.6 is 0 Å². The van der Waals surface area contributed by atoms with E-state index in [1.165, 1.54) is 16.4 Å². The maximum atomic E-state index is 13.1. The molecule has 0 saturated carbocycles. The van der Waals surface area contributed by atoms with Gasteiger partial charge in [0.25, 0.3) is 5.69 Å². The van der Waals surface area contributed by atoms with Gasteiger partial charge in [-0.3, -0.25) is 10.1 Å². The molecule has 1 saturated heterocycles. The molecule has 0 amide bonds. The number of nitrogens with zero attached hydrogens (tertiary/aromatic N) is 2. The second-order valence-corrected chi connectivity index (χ2v) is 8.37. The maximum Gasteiger partial charge on any atom is 0.273 e. The first-order chi connectivity index (χ1) is 12.8. The van der Waals surface area contributed by atoms with Crippen LogP contribution in [-0.2, 0) is 10.0 Å². The molecule has 1 aliphatic heterocycles. The Balaban J connectivity index is 2.06. The summed E-state index contributed by atoms with van der Waals surface area (Å²) in [5.41, 5.74) is 1.66. The molecule has 1 aliphatic rings. The highest BCUT2D eigenvalue weighted by Crippen LogP contribution is 2.34. The number of rotatable bonds is 5. The summed E-state index contributed by atoms with van der Waals surface area (Å²) in [7, 11) is -3.83. The molecule has 3 rings (SSSR count). The van der Waals surface area contributed by atoms with E-state index < -0.39 is 14.9 Å². The molecule has 0 spiro atoms. The Hall–Kier alpha value is -2.49. The average molecular weight is 391 g/mol. The molecule has 0 unspecified atom stereocenters. The summed E-state index contributed by atoms with van der Waals surface area (Å²) in [5.74, 6) is 0.387. The van der Waals surface area contributed by atoms with Crippen LogP contribution in [0.15, 0.2) is 41.3 Å². The largest absolute Gasteiger partial charge is 0.456 e. The van der Waals surface area contributed by atoms with E-state index in [9.17, 15) is 18.5 Å². The third-order valence-corrected chi connectivity index (χ3v) is 6.19. The van der Waals surface area contributed by atoms with Crippen LogP contribution < -0.4 is 10.1 Å². The van der Waals surface area contributed by atoms with Gasteiger partial charge in [0.1, 0.15) is 10.6 Å². The summed E-state index contributed by atoms with van der Waals surface area (Å²) in [6.07, 6.45) is 0. The van der Waals surface area contributed by atoms with Crippen molar-refractivity contribution in [3.63, 3.8) is 0 Å². The Morgan fingerprint density at radius 3 is 2.30 bits per heavy atom. The fourth-order valence-corrected chi connectivity index (χ4v) is 4.58. The number of benzene rings is 2. The summed E-state index contributed by atoms with van der Waals surface area (Å²) in [6.45, 7) is 5.57. The van der Waals surface area contributed by atoms with Gasteiger partial charge in [-0.1, -0.05) is 6.07 Å². The summed E-state index contributed by atoms with van der Waals surface area (Å²) >= 11 is 0. The number of hydrogen-bond donors (Lipinski definition) is 1. The molecule has 0 aliphatic carbocycles. The number of nitrogens with one attached hydrogen (secondary N) is 1. The molecule has 1 N–H and O–H groups in total. The fraction of sp³-hybridized carbons (Fsp3) is 0.333. The maximum absolute atomic E-state index is 13.1. The lowest BCUT2D eigenvalue weighted by Gasteiger charge is -2.27. The van der Waals surface area contributed by atoms with Crippen LogP contribution in [0.2, 0.25) is 0 Å². The highest BCUT2D eigenvalue weighted by Gasteiger charge is 2.30. The van der Waals surface area contributed by atoms with Crippen molar-refractivity contribution in [2.45, 2.75) is 18.7 Å². The lowest BCUT2D eigenvalue weighted by atomic mass is 10.1. The van der Waals surface area contributed by atoms with Gasteiger partial charge >= 0.3 is 0 Å². The van der Waals surface area contributed by atoms with E-state index in [0.29, 0.717) is 31.9 Å². The molecule has 1 fully saturated rings. The normalized spacial score (nSPS) is 15.5. The van der Waals surface area contributed by atoms with Gasteiger partial charge in [-0.25, -0.2) is 8.42 Å². The Morgan fingerprint density at radius 2 is 1.70 bits per heavy atom. The lowest BCUT2D eigenvalue weighted by Crippen LogP contribution is -2.46. The van der Waals surface area contributed by atoms with Crippen molar-refractivity contribution < 1.29 is 18.1 Å². The first-order valence-electron chi connectivity index (χ1n) is 8.53. The molecule has 0 atom stereocenters. The average Bonchev–Trinajstić information content (AvgIpc) is 2.61. The highest BCUT2D eigenvalue weighted by atomic mass is 32.2. The van der Waals surface area contributed by atoms with Crippen LogP contribution in [0.1, 0.15) is 11.1 Å². The number of piperazine rings is 1. The molecule has 9 heteroatoms. The standard InChI is InChI=1S/C18H21N3O5S/c1-13-9-14(2)11-16(10-13)26-17-12-15(21(22)23)3-4-18(17)27(24,25)20-7-5-19-6-8-20/h3-4,9-12,19H,5-8H2,1-2H3. The first kappa shape index (κ1) is 19.3. The minimum Gasteiger partial charge on any atom is -0.456 e. The van der Waals surface area contributed by atoms with Gasteiger partial charge in [0.2, 0.25) is 10.0 Å². The van der Waals surface area contributed by atoms with Gasteiger partial charge in [-0.05, 0) is 43.2 Å². The topological polar surface area (TPSA) is 102 Å². The van der Waals surface area contributed by atoms with Crippen molar-refractivity contribution >= 4 is 15.7 Å². The van der Waals surface area contributed by atoms with Gasteiger partial charge in [0, 0.05) is 32.2 Å². The Morgan fingerprint density at radius 1 is 1.07 bits per heavy atom. The summed E-state index contributed by atoms with van der Waals surface area (Å²) in [4.78, 5) is 10.5. The van der Waals surface area contributed by atoms with Crippen LogP contribution in [0, 0.1) is 24.0 Å². The van der Waals surface area contributed by atoms with E-state index in [2.05, 4.69) is 5.32 Å². The van der Waals surface area contributed by atoms with E-state index in [-0.39, 0.29) is 16.3 Å². The Kier molecular flexibility index (Phi) is 5.45. The summed E-state index contributed by atoms with van der Waals surface area (Å²) in [6, 6.07) is 9.06. The molecule has 0 radical (unpaired) electrons. The number of ether oxygens (including phenoxy) is 1. The predicted molar refractivity (Wildman–Crippen MR) is 101 cm³/mol. The smallest absolute Gasteiger partial charge is 0.273 e. The molecule has 2 aromatic rings. The number of aryl methyl sites for hydroxylation is 2. The highest BCUT2D eigenvalue weighted by molar-refractivity contribution is 7.89. The third kappa shape index (κ3) is 4.26. The Labute approximate surface area is 158 Å². The minimum absolute atomic E-state index is 0.0484. The molecule has 144 valence electrons. The van der Waals surface area contributed by atoms with Crippen molar-refractivity contribution in [3.05, 3.63) is 57.6 Å². The van der Waals surface area contributed by atoms with E-state index >= 15 is 0 Å². The van der Waals surface area contributed by atoms with Gasteiger partial charge < -0.3 is 10.1 Å². The van der Waals surface area contributed by atoms with Crippen molar-refractivity contribution in [2.75, 3.05) is 26.2 Å². The zero-order valence-electron chi connectivity index (χ0n) is 15.1. The molecule has 8 nitrogen and oxygen atoms in total. The predicted octanol–water partition coefficient (Wildman–Crippen LogP) is 2.60. The minimum atomic E-state index is -3.83. The van der Waals surface area contributed by atoms with Crippen LogP contribution in [-0.4, -0.2) is 43.8 Å². The fourth-order valence-electron chi connectivity index (χ4n) is 3.05. The number of sulfonamides is 1. The molecule has 27 heavy (non-hydrogen) atoms. The van der Waals surface area contributed by atoms with Crippen LogP contribution in [0.5, 0.6) is 11.5 Å². The first-order valence-corrected chi connectivity index (χ1v) is 9.97. The zero-order chi connectivity index (χ0) is 19.6. The van der Waals surface area contributed by atoms with Gasteiger partial charge in [0.15, 0.2) is 5.75 Å². The quantitative estimate of drug-likeness (QED) is 0.621. The van der Waals surface area contributed by atoms with Crippen LogP contribution in [0.3, 0.4) is 0 Å². The monoisotopic (exact) mass is 391 g/mol. The van der Waals surface area contributed by atoms with Gasteiger partial charge in [-0.15, -0.1) is 0 Å². The van der Waals surface area contributed by atoms with Crippen molar-refractivity contribution in [3.8, 4) is 11.5 Å². The van der Waals surface area contributed by atoms with Crippen molar-refractivity contribution in [1.29, 1.82) is 0 Å². The van der Waals surface area contributed by atoms with E-state index in [4.69, 9.17) is 4.74 Å². The second kappa shape index (κ2) is 7.63. The second-order valence-electron chi connectivity index (χ2n) is 6.47. The van der Waals surface area contributed by atoms with Crippen molar-refractivity contribution in [1.82, 2.24) is 9.62 Å². The summed E-state index contributed by atoms with van der Waals surface area (Å²) < 4.78 is 33.3. The summed E-state index contributed by atoms with van der Waals surface area (Å²) in [5, 5.41) is 14.3. The van der Waals surface area contributed by atoms with E-state index in [1.807, 2.05) is 19.9 Å². The number of hydrogen-bond acceptors (Lipinski definition) is 6.